The van der Waals surface area contributed by atoms with Crippen LogP contribution in [0, 0.1) is 32.6 Å². The summed E-state index contributed by atoms with van der Waals surface area (Å²) >= 11 is 0. The SMILES string of the molecule is CC1=CC2(c3ccc4c(c3-c3cc(C)c5c(C)cc(C)cc5c32)C(C)(C)C2=C4C(C)(C)c3ccc(C(C)C)cc32)C(C(C)C)C(C)=C1. The van der Waals surface area contributed by atoms with Crippen LogP contribution < -0.4 is 0 Å². The summed E-state index contributed by atoms with van der Waals surface area (Å²) in [7, 11) is 0. The van der Waals surface area contributed by atoms with E-state index >= 15 is 0 Å². The molecule has 0 aromatic heterocycles. The van der Waals surface area contributed by atoms with E-state index in [4.69, 9.17) is 0 Å². The van der Waals surface area contributed by atoms with Gasteiger partial charge in [0.1, 0.15) is 0 Å². The van der Waals surface area contributed by atoms with Crippen molar-refractivity contribution in [2.45, 2.75) is 112 Å². The number of hydrogen-bond acceptors (Lipinski definition) is 0. The summed E-state index contributed by atoms with van der Waals surface area (Å²) in [6.07, 6.45) is 5.13. The highest BCUT2D eigenvalue weighted by molar-refractivity contribution is 6.13. The van der Waals surface area contributed by atoms with Gasteiger partial charge in [-0.1, -0.05) is 133 Å². The molecule has 47 heavy (non-hydrogen) atoms. The molecule has 0 bridgehead atoms. The fourth-order valence-electron chi connectivity index (χ4n) is 11.4. The van der Waals surface area contributed by atoms with Crippen LogP contribution in [0.3, 0.4) is 0 Å². The molecule has 2 atom stereocenters. The van der Waals surface area contributed by atoms with Gasteiger partial charge in [0.25, 0.3) is 0 Å². The van der Waals surface area contributed by atoms with E-state index in [2.05, 4.69) is 151 Å². The van der Waals surface area contributed by atoms with Crippen molar-refractivity contribution >= 4 is 21.9 Å². The molecule has 240 valence electrons. The largest absolute Gasteiger partial charge is 0.0682 e. The molecule has 2 unspecified atom stereocenters. The van der Waals surface area contributed by atoms with Gasteiger partial charge < -0.3 is 0 Å². The summed E-state index contributed by atoms with van der Waals surface area (Å²) in [5.74, 6) is 1.37. The Balaban J connectivity index is 1.53. The minimum Gasteiger partial charge on any atom is -0.0682 e. The van der Waals surface area contributed by atoms with Crippen LogP contribution in [0.15, 0.2) is 71.8 Å². The number of rotatable bonds is 2. The second kappa shape index (κ2) is 9.49. The third-order valence-corrected chi connectivity index (χ3v) is 12.7. The summed E-state index contributed by atoms with van der Waals surface area (Å²) in [5, 5.41) is 2.89. The van der Waals surface area contributed by atoms with Crippen LogP contribution in [0.2, 0.25) is 0 Å². The topological polar surface area (TPSA) is 0 Å². The van der Waals surface area contributed by atoms with Crippen molar-refractivity contribution < 1.29 is 0 Å². The Morgan fingerprint density at radius 1 is 0.638 bits per heavy atom. The second-order valence-electron chi connectivity index (χ2n) is 17.4. The lowest BCUT2D eigenvalue weighted by atomic mass is 9.58. The van der Waals surface area contributed by atoms with Crippen molar-refractivity contribution in [1.29, 1.82) is 0 Å². The van der Waals surface area contributed by atoms with Crippen LogP contribution in [0.25, 0.3) is 33.0 Å². The highest BCUT2D eigenvalue weighted by atomic mass is 14.6. The smallest absolute Gasteiger partial charge is 0.0473 e. The lowest BCUT2D eigenvalue weighted by Crippen LogP contribution is -2.39. The number of aryl methyl sites for hydroxylation is 3. The van der Waals surface area contributed by atoms with Gasteiger partial charge in [0.15, 0.2) is 0 Å². The van der Waals surface area contributed by atoms with Gasteiger partial charge in [0.2, 0.25) is 0 Å². The van der Waals surface area contributed by atoms with Crippen molar-refractivity contribution in [2.24, 2.45) is 11.8 Å². The molecule has 0 fully saturated rings. The van der Waals surface area contributed by atoms with E-state index in [1.54, 1.807) is 22.3 Å². The van der Waals surface area contributed by atoms with E-state index in [1.807, 2.05) is 0 Å². The molecular formula is C47H52. The van der Waals surface area contributed by atoms with Gasteiger partial charge in [-0.3, -0.25) is 0 Å². The van der Waals surface area contributed by atoms with Crippen LogP contribution in [-0.2, 0) is 16.2 Å². The van der Waals surface area contributed by atoms with Crippen LogP contribution in [0.1, 0.15) is 131 Å². The molecule has 0 heteroatoms. The fraction of sp³-hybridized carbons (Fsp3) is 0.404. The maximum absolute atomic E-state index is 2.67. The number of benzene rings is 4. The molecular weight excluding hydrogens is 565 g/mol. The zero-order chi connectivity index (χ0) is 33.7. The molecule has 4 aromatic carbocycles. The molecule has 4 aromatic rings. The standard InChI is InChI=1S/C47H52/c1-24(2)31-14-16-36-33(22-31)44-43(45(36,10)11)32-15-17-37-39(42(32)46(44,12)13)35-21-29(8)38-28(7)18-26(5)20-34(38)41(35)47(37)23-27(6)19-30(9)40(47)25(3)4/h14-25,40H,1-13H3. The first-order chi connectivity index (χ1) is 22.0. The van der Waals surface area contributed by atoms with Crippen molar-refractivity contribution in [3.63, 3.8) is 0 Å². The molecule has 0 amide bonds. The second-order valence-corrected chi connectivity index (χ2v) is 17.4. The predicted octanol–water partition coefficient (Wildman–Crippen LogP) is 12.8. The number of hydrogen-bond donors (Lipinski definition) is 0. The highest BCUT2D eigenvalue weighted by Gasteiger charge is 2.56. The van der Waals surface area contributed by atoms with Crippen molar-refractivity contribution in [2.75, 3.05) is 0 Å². The summed E-state index contributed by atoms with van der Waals surface area (Å²) in [4.78, 5) is 0. The molecule has 0 heterocycles. The summed E-state index contributed by atoms with van der Waals surface area (Å²) in [6.45, 7) is 31.2. The first-order valence-corrected chi connectivity index (χ1v) is 18.0. The minimum absolute atomic E-state index is 0.0509. The van der Waals surface area contributed by atoms with Crippen LogP contribution in [-0.4, -0.2) is 0 Å². The molecule has 4 aliphatic rings. The molecule has 0 saturated carbocycles. The van der Waals surface area contributed by atoms with E-state index in [0.717, 1.165) is 0 Å². The van der Waals surface area contributed by atoms with Crippen LogP contribution >= 0.6 is 0 Å². The number of fused-ring (bicyclic) bond motifs is 12. The van der Waals surface area contributed by atoms with Gasteiger partial charge in [0, 0.05) is 16.2 Å². The highest BCUT2D eigenvalue weighted by Crippen LogP contribution is 2.69. The molecule has 8 rings (SSSR count). The molecule has 0 aliphatic heterocycles. The average molecular weight is 617 g/mol. The molecule has 0 saturated heterocycles. The number of allylic oxidation sites excluding steroid dienone is 6. The predicted molar refractivity (Wildman–Crippen MR) is 204 cm³/mol. The summed E-state index contributed by atoms with van der Waals surface area (Å²) in [6, 6.07) is 19.9. The van der Waals surface area contributed by atoms with E-state index in [0.29, 0.717) is 17.8 Å². The molecule has 0 nitrogen and oxygen atoms in total. The normalized spacial score (nSPS) is 22.9. The van der Waals surface area contributed by atoms with Crippen LogP contribution in [0.4, 0.5) is 0 Å². The first kappa shape index (κ1) is 30.7. The lowest BCUT2D eigenvalue weighted by Gasteiger charge is -2.44. The van der Waals surface area contributed by atoms with Gasteiger partial charge in [-0.15, -0.1) is 0 Å². The van der Waals surface area contributed by atoms with Crippen molar-refractivity contribution in [1.82, 2.24) is 0 Å². The Morgan fingerprint density at radius 3 is 1.98 bits per heavy atom. The average Bonchev–Trinajstić information content (AvgIpc) is 3.47. The Bertz CT molecular complexity index is 2180. The third-order valence-electron chi connectivity index (χ3n) is 12.7. The zero-order valence-electron chi connectivity index (χ0n) is 31.0. The molecule has 1 spiro atoms. The quantitative estimate of drug-likeness (QED) is 0.210. The Kier molecular flexibility index (Phi) is 6.20. The van der Waals surface area contributed by atoms with Gasteiger partial charge >= 0.3 is 0 Å². The third kappa shape index (κ3) is 3.66. The van der Waals surface area contributed by atoms with E-state index in [9.17, 15) is 0 Å². The van der Waals surface area contributed by atoms with E-state index in [-0.39, 0.29) is 16.2 Å². The van der Waals surface area contributed by atoms with Gasteiger partial charge in [0.05, 0.1) is 0 Å². The zero-order valence-corrected chi connectivity index (χ0v) is 31.0. The molecule has 0 radical (unpaired) electrons. The van der Waals surface area contributed by atoms with Crippen molar-refractivity contribution in [3.05, 3.63) is 127 Å². The maximum atomic E-state index is 2.67. The van der Waals surface area contributed by atoms with Crippen molar-refractivity contribution in [3.8, 4) is 11.1 Å². The Morgan fingerprint density at radius 2 is 1.30 bits per heavy atom. The first-order valence-electron chi connectivity index (χ1n) is 18.0. The fourth-order valence-corrected chi connectivity index (χ4v) is 11.4. The van der Waals surface area contributed by atoms with Gasteiger partial charge in [-0.2, -0.15) is 0 Å². The Hall–Kier alpha value is -3.64. The Labute approximate surface area is 283 Å². The van der Waals surface area contributed by atoms with E-state index < -0.39 is 0 Å². The summed E-state index contributed by atoms with van der Waals surface area (Å²) < 4.78 is 0. The monoisotopic (exact) mass is 616 g/mol. The van der Waals surface area contributed by atoms with Gasteiger partial charge in [-0.25, -0.2) is 0 Å². The van der Waals surface area contributed by atoms with E-state index in [1.165, 1.54) is 77.6 Å². The summed E-state index contributed by atoms with van der Waals surface area (Å²) in [5.41, 5.74) is 23.2. The minimum atomic E-state index is -0.218. The van der Waals surface area contributed by atoms with Gasteiger partial charge in [-0.05, 0) is 135 Å². The maximum Gasteiger partial charge on any atom is 0.0473 e. The molecule has 0 N–H and O–H groups in total. The van der Waals surface area contributed by atoms with Crippen LogP contribution in [0.5, 0.6) is 0 Å². The molecule has 4 aliphatic carbocycles. The lowest BCUT2D eigenvalue weighted by molar-refractivity contribution is 0.336.